The number of hydrogen-bond acceptors (Lipinski definition) is 3. The third-order valence-corrected chi connectivity index (χ3v) is 3.86. The van der Waals surface area contributed by atoms with E-state index in [1.807, 2.05) is 18.2 Å². The molecule has 1 aliphatic carbocycles. The Morgan fingerprint density at radius 3 is 2.57 bits per heavy atom. The summed E-state index contributed by atoms with van der Waals surface area (Å²) >= 11 is 4.81. The topological polar surface area (TPSA) is 64.3 Å². The van der Waals surface area contributed by atoms with Crippen LogP contribution in [0.2, 0.25) is 0 Å². The second-order valence-corrected chi connectivity index (χ2v) is 5.95. The van der Waals surface area contributed by atoms with Gasteiger partial charge in [0.15, 0.2) is 0 Å². The Labute approximate surface area is 131 Å². The molecule has 1 aliphatic rings. The van der Waals surface area contributed by atoms with Crippen molar-refractivity contribution in [2.45, 2.75) is 38.5 Å². The molecule has 0 radical (unpaired) electrons. The summed E-state index contributed by atoms with van der Waals surface area (Å²) in [4.78, 5) is 12.7. The lowest BCUT2D eigenvalue weighted by atomic mass is 9.99. The van der Waals surface area contributed by atoms with E-state index in [1.54, 1.807) is 6.07 Å². The lowest BCUT2D eigenvalue weighted by Gasteiger charge is -2.16. The van der Waals surface area contributed by atoms with Gasteiger partial charge in [0.1, 0.15) is 17.3 Å². The van der Waals surface area contributed by atoms with Crippen molar-refractivity contribution >= 4 is 28.8 Å². The summed E-state index contributed by atoms with van der Waals surface area (Å²) in [5, 5.41) is 2.98. The minimum Gasteiger partial charge on any atom is -0.484 e. The maximum absolute atomic E-state index is 12.4. The number of anilines is 1. The minimum absolute atomic E-state index is 0.0864. The number of thiocarbonyl (C=S) groups is 1. The predicted molar refractivity (Wildman–Crippen MR) is 88.5 cm³/mol. The Morgan fingerprint density at radius 2 is 1.90 bits per heavy atom. The van der Waals surface area contributed by atoms with Crippen LogP contribution in [0.25, 0.3) is 0 Å². The zero-order valence-corrected chi connectivity index (χ0v) is 13.0. The number of carbonyl (C=O) groups is 1. The molecule has 3 N–H and O–H groups in total. The molecule has 1 aromatic rings. The van der Waals surface area contributed by atoms with Gasteiger partial charge in [0.05, 0.1) is 5.69 Å². The molecule has 0 spiro atoms. The highest BCUT2D eigenvalue weighted by Crippen LogP contribution is 2.27. The van der Waals surface area contributed by atoms with Crippen molar-refractivity contribution < 1.29 is 9.53 Å². The highest BCUT2D eigenvalue weighted by Gasteiger charge is 2.20. The molecule has 0 atom stereocenters. The van der Waals surface area contributed by atoms with Gasteiger partial charge in [0.25, 0.3) is 0 Å². The summed E-state index contributed by atoms with van der Waals surface area (Å²) in [5.74, 6) is 0.798. The van der Waals surface area contributed by atoms with E-state index in [2.05, 4.69) is 5.32 Å². The first kappa shape index (κ1) is 15.8. The van der Waals surface area contributed by atoms with E-state index in [0.717, 1.165) is 25.7 Å². The van der Waals surface area contributed by atoms with E-state index in [4.69, 9.17) is 22.7 Å². The van der Waals surface area contributed by atoms with E-state index in [1.165, 1.54) is 12.8 Å². The van der Waals surface area contributed by atoms with Gasteiger partial charge in [-0.05, 0) is 25.0 Å². The van der Waals surface area contributed by atoms with Gasteiger partial charge in [-0.15, -0.1) is 0 Å². The largest absolute Gasteiger partial charge is 0.484 e. The zero-order valence-electron chi connectivity index (χ0n) is 12.1. The Hall–Kier alpha value is -1.62. The van der Waals surface area contributed by atoms with Crippen molar-refractivity contribution in [1.82, 2.24) is 0 Å². The second-order valence-electron chi connectivity index (χ2n) is 5.43. The number of amides is 1. The molecular formula is C16H22N2O2S. The predicted octanol–water partition coefficient (Wildman–Crippen LogP) is 3.26. The smallest absolute Gasteiger partial charge is 0.227 e. The number of hydrogen-bond donors (Lipinski definition) is 2. The highest BCUT2D eigenvalue weighted by atomic mass is 32.1. The maximum Gasteiger partial charge on any atom is 0.227 e. The van der Waals surface area contributed by atoms with Crippen molar-refractivity contribution in [2.75, 3.05) is 11.9 Å². The first-order valence-corrected chi connectivity index (χ1v) is 7.88. The maximum atomic E-state index is 12.4. The fraction of sp³-hybridized carbons (Fsp3) is 0.500. The number of para-hydroxylation sites is 2. The molecule has 114 valence electrons. The average molecular weight is 306 g/mol. The Balaban J connectivity index is 2.00. The third-order valence-electron chi connectivity index (χ3n) is 3.74. The van der Waals surface area contributed by atoms with Gasteiger partial charge in [-0.3, -0.25) is 4.79 Å². The van der Waals surface area contributed by atoms with Crippen molar-refractivity contribution in [3.63, 3.8) is 0 Å². The van der Waals surface area contributed by atoms with Crippen LogP contribution >= 0.6 is 12.2 Å². The Bertz CT molecular complexity index is 497. The third kappa shape index (κ3) is 5.01. The molecular weight excluding hydrogens is 284 g/mol. The van der Waals surface area contributed by atoms with Gasteiger partial charge in [-0.1, -0.05) is 50.0 Å². The number of nitrogens with one attached hydrogen (secondary N) is 1. The molecule has 1 amide bonds. The van der Waals surface area contributed by atoms with Crippen molar-refractivity contribution in [1.29, 1.82) is 0 Å². The molecule has 4 nitrogen and oxygen atoms in total. The quantitative estimate of drug-likeness (QED) is 0.647. The summed E-state index contributed by atoms with van der Waals surface area (Å²) in [6.07, 6.45) is 6.69. The van der Waals surface area contributed by atoms with Gasteiger partial charge in [-0.25, -0.2) is 0 Å². The fourth-order valence-electron chi connectivity index (χ4n) is 2.62. The van der Waals surface area contributed by atoms with Crippen LogP contribution in [0.1, 0.15) is 38.5 Å². The minimum atomic E-state index is 0.0864. The van der Waals surface area contributed by atoms with E-state index in [0.29, 0.717) is 16.4 Å². The van der Waals surface area contributed by atoms with E-state index in [-0.39, 0.29) is 18.4 Å². The molecule has 1 aromatic carbocycles. The van der Waals surface area contributed by atoms with Crippen LogP contribution in [0.5, 0.6) is 5.75 Å². The van der Waals surface area contributed by atoms with Gasteiger partial charge in [0.2, 0.25) is 5.91 Å². The van der Waals surface area contributed by atoms with Crippen LogP contribution in [-0.4, -0.2) is 17.5 Å². The average Bonchev–Trinajstić information content (AvgIpc) is 2.75. The van der Waals surface area contributed by atoms with Crippen LogP contribution in [-0.2, 0) is 4.79 Å². The standard InChI is InChI=1S/C16H22N2O2S/c17-15(21)11-20-14-10-6-5-9-13(14)18-16(19)12-7-3-1-2-4-8-12/h5-6,9-10,12H,1-4,7-8,11H2,(H2,17,21)(H,18,19). The van der Waals surface area contributed by atoms with Gasteiger partial charge in [-0.2, -0.15) is 0 Å². The monoisotopic (exact) mass is 306 g/mol. The lowest BCUT2D eigenvalue weighted by Crippen LogP contribution is -2.23. The molecule has 0 unspecified atom stereocenters. The summed E-state index contributed by atoms with van der Waals surface area (Å²) in [5.41, 5.74) is 6.13. The molecule has 0 saturated heterocycles. The van der Waals surface area contributed by atoms with Gasteiger partial charge in [0, 0.05) is 5.92 Å². The molecule has 2 rings (SSSR count). The molecule has 0 aliphatic heterocycles. The molecule has 0 bridgehead atoms. The summed E-state index contributed by atoms with van der Waals surface area (Å²) in [6, 6.07) is 7.37. The van der Waals surface area contributed by atoms with Gasteiger partial charge >= 0.3 is 0 Å². The van der Waals surface area contributed by atoms with E-state index in [9.17, 15) is 4.79 Å². The molecule has 21 heavy (non-hydrogen) atoms. The Morgan fingerprint density at radius 1 is 1.24 bits per heavy atom. The SMILES string of the molecule is NC(=S)COc1ccccc1NC(=O)C1CCCCCC1. The van der Waals surface area contributed by atoms with Crippen LogP contribution in [0.15, 0.2) is 24.3 Å². The van der Waals surface area contributed by atoms with E-state index >= 15 is 0 Å². The molecule has 0 aromatic heterocycles. The number of nitrogens with two attached hydrogens (primary N) is 1. The summed E-state index contributed by atoms with van der Waals surface area (Å²) in [7, 11) is 0. The van der Waals surface area contributed by atoms with Crippen molar-refractivity contribution in [3.05, 3.63) is 24.3 Å². The van der Waals surface area contributed by atoms with Crippen LogP contribution in [0.4, 0.5) is 5.69 Å². The highest BCUT2D eigenvalue weighted by molar-refractivity contribution is 7.80. The fourth-order valence-corrected chi connectivity index (χ4v) is 2.68. The van der Waals surface area contributed by atoms with Crippen LogP contribution < -0.4 is 15.8 Å². The first-order valence-electron chi connectivity index (χ1n) is 7.48. The van der Waals surface area contributed by atoms with Crippen LogP contribution in [0, 0.1) is 5.92 Å². The summed E-state index contributed by atoms with van der Waals surface area (Å²) in [6.45, 7) is 0.172. The number of rotatable bonds is 5. The van der Waals surface area contributed by atoms with E-state index < -0.39 is 0 Å². The normalized spacial score (nSPS) is 16.0. The summed E-state index contributed by atoms with van der Waals surface area (Å²) < 4.78 is 5.53. The number of carbonyl (C=O) groups excluding carboxylic acids is 1. The van der Waals surface area contributed by atoms with Gasteiger partial charge < -0.3 is 15.8 Å². The lowest BCUT2D eigenvalue weighted by molar-refractivity contribution is -0.120. The molecule has 0 heterocycles. The zero-order chi connectivity index (χ0) is 15.1. The first-order chi connectivity index (χ1) is 10.2. The molecule has 1 fully saturated rings. The number of ether oxygens (including phenoxy) is 1. The second kappa shape index (κ2) is 7.98. The Kier molecular flexibility index (Phi) is 5.99. The molecule has 1 saturated carbocycles. The van der Waals surface area contributed by atoms with Crippen molar-refractivity contribution in [3.8, 4) is 5.75 Å². The number of benzene rings is 1. The molecule has 5 heteroatoms. The van der Waals surface area contributed by atoms with Crippen LogP contribution in [0.3, 0.4) is 0 Å². The van der Waals surface area contributed by atoms with Crippen molar-refractivity contribution in [2.24, 2.45) is 11.7 Å².